The first kappa shape index (κ1) is 14.5. The molecule has 0 rings (SSSR count). The first-order valence-corrected chi connectivity index (χ1v) is 4.39. The van der Waals surface area contributed by atoms with Gasteiger partial charge in [0.25, 0.3) is 0 Å². The SMILES string of the molecule is CCO/C=C(/C(=O)O)C(CC=O)C(F)(F)F. The fourth-order valence-electron chi connectivity index (χ4n) is 0.988. The number of carbonyl (C=O) groups excluding carboxylic acids is 1. The van der Waals surface area contributed by atoms with Crippen LogP contribution >= 0.6 is 0 Å². The molecule has 0 fully saturated rings. The van der Waals surface area contributed by atoms with Crippen LogP contribution in [0, 0.1) is 5.92 Å². The second-order valence-corrected chi connectivity index (χ2v) is 2.83. The smallest absolute Gasteiger partial charge is 0.396 e. The van der Waals surface area contributed by atoms with E-state index >= 15 is 0 Å². The summed E-state index contributed by atoms with van der Waals surface area (Å²) in [5.74, 6) is -4.09. The molecular formula is C9H11F3O4. The van der Waals surface area contributed by atoms with Gasteiger partial charge in [0.1, 0.15) is 6.29 Å². The van der Waals surface area contributed by atoms with Gasteiger partial charge in [0.15, 0.2) is 0 Å². The zero-order chi connectivity index (χ0) is 12.8. The standard InChI is InChI=1S/C9H11F3O4/c1-2-16-5-6(8(14)15)7(3-4-13)9(10,11)12/h4-5,7H,2-3H2,1H3,(H,14,15)/b6-5+. The van der Waals surface area contributed by atoms with E-state index < -0.39 is 30.1 Å². The number of alkyl halides is 3. The van der Waals surface area contributed by atoms with Gasteiger partial charge >= 0.3 is 12.1 Å². The zero-order valence-corrected chi connectivity index (χ0v) is 8.45. The summed E-state index contributed by atoms with van der Waals surface area (Å²) in [7, 11) is 0. The van der Waals surface area contributed by atoms with Crippen molar-refractivity contribution in [1.29, 1.82) is 0 Å². The van der Waals surface area contributed by atoms with E-state index in [0.717, 1.165) is 0 Å². The van der Waals surface area contributed by atoms with Crippen molar-refractivity contribution in [3.63, 3.8) is 0 Å². The molecule has 0 spiro atoms. The highest BCUT2D eigenvalue weighted by Gasteiger charge is 2.44. The molecule has 0 aliphatic rings. The van der Waals surface area contributed by atoms with E-state index in [4.69, 9.17) is 5.11 Å². The Balaban J connectivity index is 5.10. The number of ether oxygens (including phenoxy) is 1. The minimum absolute atomic E-state index is 0.0287. The topological polar surface area (TPSA) is 63.6 Å². The summed E-state index contributed by atoms with van der Waals surface area (Å²) < 4.78 is 41.8. The molecule has 1 unspecified atom stereocenters. The Labute approximate surface area is 89.7 Å². The average Bonchev–Trinajstić information content (AvgIpc) is 2.14. The van der Waals surface area contributed by atoms with Crippen LogP contribution in [0.5, 0.6) is 0 Å². The van der Waals surface area contributed by atoms with Gasteiger partial charge in [-0.2, -0.15) is 13.2 Å². The first-order chi connectivity index (χ1) is 7.34. The van der Waals surface area contributed by atoms with E-state index in [0.29, 0.717) is 6.26 Å². The maximum absolute atomic E-state index is 12.4. The summed E-state index contributed by atoms with van der Waals surface area (Å²) in [6, 6.07) is 0. The summed E-state index contributed by atoms with van der Waals surface area (Å²) in [4.78, 5) is 20.7. The number of hydrogen-bond acceptors (Lipinski definition) is 3. The van der Waals surface area contributed by atoms with Gasteiger partial charge in [-0.1, -0.05) is 0 Å². The number of hydrogen-bond donors (Lipinski definition) is 1. The molecule has 0 amide bonds. The van der Waals surface area contributed by atoms with Crippen LogP contribution in [0.4, 0.5) is 13.2 Å². The van der Waals surface area contributed by atoms with E-state index in [1.165, 1.54) is 6.92 Å². The first-order valence-electron chi connectivity index (χ1n) is 4.39. The van der Waals surface area contributed by atoms with Crippen LogP contribution in [-0.2, 0) is 14.3 Å². The van der Waals surface area contributed by atoms with E-state index in [9.17, 15) is 22.8 Å². The maximum Gasteiger partial charge on any atom is 0.396 e. The highest BCUT2D eigenvalue weighted by atomic mass is 19.4. The summed E-state index contributed by atoms with van der Waals surface area (Å²) in [6.45, 7) is 1.54. The third kappa shape index (κ3) is 4.33. The molecule has 4 nitrogen and oxygen atoms in total. The lowest BCUT2D eigenvalue weighted by atomic mass is 9.96. The third-order valence-corrected chi connectivity index (χ3v) is 1.73. The van der Waals surface area contributed by atoms with Crippen molar-refractivity contribution >= 4 is 12.3 Å². The monoisotopic (exact) mass is 240 g/mol. The van der Waals surface area contributed by atoms with E-state index in [2.05, 4.69) is 4.74 Å². The van der Waals surface area contributed by atoms with E-state index in [-0.39, 0.29) is 12.9 Å². The van der Waals surface area contributed by atoms with Gasteiger partial charge in [0.05, 0.1) is 24.4 Å². The van der Waals surface area contributed by atoms with Crippen LogP contribution in [0.2, 0.25) is 0 Å². The minimum Gasteiger partial charge on any atom is -0.501 e. The zero-order valence-electron chi connectivity index (χ0n) is 8.45. The van der Waals surface area contributed by atoms with Crippen LogP contribution in [0.25, 0.3) is 0 Å². The highest BCUT2D eigenvalue weighted by Crippen LogP contribution is 2.34. The number of carboxylic acids is 1. The number of carbonyl (C=O) groups is 2. The molecule has 1 N–H and O–H groups in total. The number of rotatable bonds is 6. The normalized spacial score (nSPS) is 14.4. The van der Waals surface area contributed by atoms with Gasteiger partial charge in [0, 0.05) is 6.42 Å². The molecule has 16 heavy (non-hydrogen) atoms. The molecule has 0 saturated heterocycles. The molecule has 0 aromatic rings. The van der Waals surface area contributed by atoms with Crippen molar-refractivity contribution in [2.45, 2.75) is 19.5 Å². The Hall–Kier alpha value is -1.53. The number of aldehydes is 1. The molecule has 0 aliphatic heterocycles. The molecule has 0 aliphatic carbocycles. The van der Waals surface area contributed by atoms with E-state index in [1.54, 1.807) is 0 Å². The number of carboxylic acid groups (broad SMARTS) is 1. The molecule has 0 bridgehead atoms. The predicted molar refractivity (Wildman–Crippen MR) is 47.6 cm³/mol. The molecule has 0 aromatic carbocycles. The molecular weight excluding hydrogens is 229 g/mol. The Bertz CT molecular complexity index is 283. The van der Waals surface area contributed by atoms with Gasteiger partial charge in [-0.05, 0) is 6.92 Å². The van der Waals surface area contributed by atoms with Crippen molar-refractivity contribution in [2.75, 3.05) is 6.61 Å². The van der Waals surface area contributed by atoms with Gasteiger partial charge in [-0.15, -0.1) is 0 Å². The predicted octanol–water partition coefficient (Wildman–Crippen LogP) is 1.76. The number of aliphatic carboxylic acids is 1. The van der Waals surface area contributed by atoms with Gasteiger partial charge in [-0.25, -0.2) is 4.79 Å². The van der Waals surface area contributed by atoms with Crippen LogP contribution < -0.4 is 0 Å². The molecule has 0 aromatic heterocycles. The third-order valence-electron chi connectivity index (χ3n) is 1.73. The van der Waals surface area contributed by atoms with Crippen molar-refractivity contribution in [2.24, 2.45) is 5.92 Å². The van der Waals surface area contributed by atoms with Crippen molar-refractivity contribution in [1.82, 2.24) is 0 Å². The van der Waals surface area contributed by atoms with Crippen LogP contribution in [-0.4, -0.2) is 30.1 Å². The largest absolute Gasteiger partial charge is 0.501 e. The fraction of sp³-hybridized carbons (Fsp3) is 0.556. The van der Waals surface area contributed by atoms with E-state index in [1.807, 2.05) is 0 Å². The Kier molecular flexibility index (Phi) is 5.55. The molecule has 7 heteroatoms. The van der Waals surface area contributed by atoms with Gasteiger partial charge in [-0.3, -0.25) is 0 Å². The Morgan fingerprint density at radius 3 is 2.38 bits per heavy atom. The molecule has 0 radical (unpaired) electrons. The summed E-state index contributed by atoms with van der Waals surface area (Å²) >= 11 is 0. The second kappa shape index (κ2) is 6.14. The van der Waals surface area contributed by atoms with Crippen molar-refractivity contribution in [3.05, 3.63) is 11.8 Å². The lowest BCUT2D eigenvalue weighted by Crippen LogP contribution is -2.29. The Morgan fingerprint density at radius 2 is 2.06 bits per heavy atom. The molecule has 1 atom stereocenters. The molecule has 0 heterocycles. The van der Waals surface area contributed by atoms with Crippen LogP contribution in [0.3, 0.4) is 0 Å². The minimum atomic E-state index is -4.79. The average molecular weight is 240 g/mol. The summed E-state index contributed by atoms with van der Waals surface area (Å²) in [5.41, 5.74) is -0.971. The van der Waals surface area contributed by atoms with Crippen LogP contribution in [0.15, 0.2) is 11.8 Å². The van der Waals surface area contributed by atoms with Crippen LogP contribution in [0.1, 0.15) is 13.3 Å². The second-order valence-electron chi connectivity index (χ2n) is 2.83. The maximum atomic E-state index is 12.4. The van der Waals surface area contributed by atoms with Gasteiger partial charge < -0.3 is 14.6 Å². The summed E-state index contributed by atoms with van der Waals surface area (Å²) in [6.07, 6.45) is -5.16. The molecule has 92 valence electrons. The fourth-order valence-corrected chi connectivity index (χ4v) is 0.988. The Morgan fingerprint density at radius 1 is 1.50 bits per heavy atom. The molecule has 0 saturated carbocycles. The highest BCUT2D eigenvalue weighted by molar-refractivity contribution is 5.87. The van der Waals surface area contributed by atoms with Gasteiger partial charge in [0.2, 0.25) is 0 Å². The number of halogens is 3. The van der Waals surface area contributed by atoms with Crippen molar-refractivity contribution in [3.8, 4) is 0 Å². The lowest BCUT2D eigenvalue weighted by molar-refractivity contribution is -0.171. The van der Waals surface area contributed by atoms with Crippen molar-refractivity contribution < 1.29 is 32.6 Å². The summed E-state index contributed by atoms with van der Waals surface area (Å²) in [5, 5.41) is 8.60. The lowest BCUT2D eigenvalue weighted by Gasteiger charge is -2.18. The quantitative estimate of drug-likeness (QED) is 0.436.